The Hall–Kier alpha value is -1.32. The standard InChI is InChI=1S/C18H34N4O8S/c1-9-13(19)16(30-17(26)15(25)10(2)27-4)14(21-11(3)23)18(29-9)28-7-6-20-22-12(24)5-8-31/h6,9-10,13-18,25-26,31H,5,7-8,19H2,1-4H3,(H,21,23)(H,22,24)/b20-6+/t9?,10-,13+,14?,15?,16?,17?,18-/m1/s1. The number of amides is 2. The predicted molar refractivity (Wildman–Crippen MR) is 114 cm³/mol. The molecule has 0 radical (unpaired) electrons. The van der Waals surface area contributed by atoms with Gasteiger partial charge in [-0.1, -0.05) is 0 Å². The van der Waals surface area contributed by atoms with Crippen LogP contribution in [0.5, 0.6) is 0 Å². The maximum absolute atomic E-state index is 11.7. The Bertz CT molecular complexity index is 599. The molecule has 1 rings (SSSR count). The first kappa shape index (κ1) is 27.7. The zero-order valence-electron chi connectivity index (χ0n) is 18.1. The van der Waals surface area contributed by atoms with Gasteiger partial charge in [0.05, 0.1) is 31.1 Å². The van der Waals surface area contributed by atoms with Crippen LogP contribution < -0.4 is 16.5 Å². The van der Waals surface area contributed by atoms with E-state index < -0.39 is 55.0 Å². The summed E-state index contributed by atoms with van der Waals surface area (Å²) in [6, 6.07) is -1.64. The molecule has 180 valence electrons. The third-order valence-electron chi connectivity index (χ3n) is 4.68. The molecular formula is C18H34N4O8S. The highest BCUT2D eigenvalue weighted by molar-refractivity contribution is 7.80. The fraction of sp³-hybridized carbons (Fsp3) is 0.833. The molecule has 0 aromatic rings. The summed E-state index contributed by atoms with van der Waals surface area (Å²) in [5.74, 6) is -0.289. The Kier molecular flexibility index (Phi) is 12.5. The fourth-order valence-electron chi connectivity index (χ4n) is 2.81. The van der Waals surface area contributed by atoms with E-state index in [2.05, 4.69) is 28.5 Å². The molecule has 31 heavy (non-hydrogen) atoms. The van der Waals surface area contributed by atoms with Crippen LogP contribution in [0.4, 0.5) is 0 Å². The van der Waals surface area contributed by atoms with Crippen molar-refractivity contribution in [2.24, 2.45) is 10.8 Å². The van der Waals surface area contributed by atoms with E-state index in [0.29, 0.717) is 5.75 Å². The lowest BCUT2D eigenvalue weighted by Gasteiger charge is -2.45. The van der Waals surface area contributed by atoms with Crippen molar-refractivity contribution in [3.8, 4) is 0 Å². The Balaban J connectivity index is 2.86. The van der Waals surface area contributed by atoms with Crippen molar-refractivity contribution in [3.63, 3.8) is 0 Å². The maximum atomic E-state index is 11.7. The first-order valence-corrected chi connectivity index (χ1v) is 10.5. The molecule has 0 saturated carbocycles. The van der Waals surface area contributed by atoms with Crippen LogP contribution >= 0.6 is 12.6 Å². The van der Waals surface area contributed by atoms with Crippen LogP contribution in [-0.4, -0.2) is 96.8 Å². The van der Waals surface area contributed by atoms with Gasteiger partial charge in [-0.3, -0.25) is 9.59 Å². The summed E-state index contributed by atoms with van der Waals surface area (Å²) in [5.41, 5.74) is 8.50. The minimum Gasteiger partial charge on any atom is -0.385 e. The van der Waals surface area contributed by atoms with Crippen LogP contribution in [0.1, 0.15) is 27.2 Å². The lowest BCUT2D eigenvalue weighted by Crippen LogP contribution is -2.67. The van der Waals surface area contributed by atoms with Gasteiger partial charge in [-0.2, -0.15) is 17.7 Å². The highest BCUT2D eigenvalue weighted by Crippen LogP contribution is 2.25. The number of ether oxygens (including phenoxy) is 4. The molecular weight excluding hydrogens is 432 g/mol. The second-order valence-electron chi connectivity index (χ2n) is 7.09. The molecule has 5 unspecified atom stereocenters. The van der Waals surface area contributed by atoms with E-state index in [-0.39, 0.29) is 18.9 Å². The number of carbonyl (C=O) groups is 2. The molecule has 1 fully saturated rings. The van der Waals surface area contributed by atoms with Gasteiger partial charge >= 0.3 is 0 Å². The third-order valence-corrected chi connectivity index (χ3v) is 4.91. The van der Waals surface area contributed by atoms with E-state index in [1.807, 2.05) is 0 Å². The Morgan fingerprint density at radius 1 is 1.39 bits per heavy atom. The van der Waals surface area contributed by atoms with Gasteiger partial charge in [0.25, 0.3) is 0 Å². The lowest BCUT2D eigenvalue weighted by molar-refractivity contribution is -0.275. The highest BCUT2D eigenvalue weighted by atomic mass is 32.1. The monoisotopic (exact) mass is 466 g/mol. The second-order valence-corrected chi connectivity index (χ2v) is 7.54. The van der Waals surface area contributed by atoms with Gasteiger partial charge < -0.3 is 40.2 Å². The van der Waals surface area contributed by atoms with E-state index in [9.17, 15) is 19.8 Å². The number of nitrogens with one attached hydrogen (secondary N) is 2. The molecule has 0 aliphatic carbocycles. The van der Waals surface area contributed by atoms with Crippen LogP contribution in [-0.2, 0) is 28.5 Å². The van der Waals surface area contributed by atoms with E-state index in [1.165, 1.54) is 20.2 Å². The van der Waals surface area contributed by atoms with E-state index in [1.54, 1.807) is 13.8 Å². The molecule has 12 nitrogen and oxygen atoms in total. The SMILES string of the molecule is CO[C@H](C)C(O)C(O)OC1C(NC(C)=O)[C@H](OC/C=N/NC(=O)CCS)OC(C)[C@@H]1N. The van der Waals surface area contributed by atoms with Gasteiger partial charge in [0.2, 0.25) is 11.8 Å². The smallest absolute Gasteiger partial charge is 0.240 e. The van der Waals surface area contributed by atoms with Crippen molar-refractivity contribution in [2.45, 2.75) is 76.3 Å². The Morgan fingerprint density at radius 3 is 2.65 bits per heavy atom. The van der Waals surface area contributed by atoms with E-state index >= 15 is 0 Å². The molecule has 1 aliphatic heterocycles. The van der Waals surface area contributed by atoms with Crippen LogP contribution in [0.3, 0.4) is 0 Å². The van der Waals surface area contributed by atoms with Crippen LogP contribution in [0, 0.1) is 0 Å². The number of thiol groups is 1. The number of aliphatic hydroxyl groups is 2. The first-order valence-electron chi connectivity index (χ1n) is 9.87. The predicted octanol–water partition coefficient (Wildman–Crippen LogP) is -1.90. The summed E-state index contributed by atoms with van der Waals surface area (Å²) in [5, 5.41) is 26.8. The maximum Gasteiger partial charge on any atom is 0.240 e. The average molecular weight is 467 g/mol. The molecule has 0 bridgehead atoms. The lowest BCUT2D eigenvalue weighted by atomic mass is 9.95. The van der Waals surface area contributed by atoms with Gasteiger partial charge in [0.1, 0.15) is 18.2 Å². The number of nitrogens with two attached hydrogens (primary N) is 1. The molecule has 0 spiro atoms. The number of methoxy groups -OCH3 is 1. The number of nitrogens with zero attached hydrogens (tertiary/aromatic N) is 1. The topological polar surface area (TPSA) is 174 Å². The van der Waals surface area contributed by atoms with Crippen molar-refractivity contribution in [2.75, 3.05) is 19.5 Å². The van der Waals surface area contributed by atoms with Crippen molar-refractivity contribution in [3.05, 3.63) is 0 Å². The summed E-state index contributed by atoms with van der Waals surface area (Å²) >= 11 is 3.96. The normalized spacial score (nSPS) is 29.4. The van der Waals surface area contributed by atoms with Crippen molar-refractivity contribution in [1.29, 1.82) is 0 Å². The van der Waals surface area contributed by atoms with Gasteiger partial charge in [0.15, 0.2) is 12.6 Å². The van der Waals surface area contributed by atoms with Crippen LogP contribution in [0.2, 0.25) is 0 Å². The van der Waals surface area contributed by atoms with Crippen molar-refractivity contribution in [1.82, 2.24) is 10.7 Å². The number of hydrogen-bond donors (Lipinski definition) is 6. The number of hydrogen-bond acceptors (Lipinski definition) is 11. The summed E-state index contributed by atoms with van der Waals surface area (Å²) in [6.45, 7) is 4.50. The van der Waals surface area contributed by atoms with Crippen LogP contribution in [0.25, 0.3) is 0 Å². The summed E-state index contributed by atoms with van der Waals surface area (Å²) in [7, 11) is 1.38. The van der Waals surface area contributed by atoms with Gasteiger partial charge in [-0.15, -0.1) is 0 Å². The molecule has 1 saturated heterocycles. The molecule has 1 heterocycles. The molecule has 13 heteroatoms. The van der Waals surface area contributed by atoms with Crippen LogP contribution in [0.15, 0.2) is 5.10 Å². The first-order chi connectivity index (χ1) is 14.6. The molecule has 6 N–H and O–H groups in total. The summed E-state index contributed by atoms with van der Waals surface area (Å²) in [4.78, 5) is 23.1. The van der Waals surface area contributed by atoms with E-state index in [0.717, 1.165) is 0 Å². The Morgan fingerprint density at radius 2 is 2.06 bits per heavy atom. The van der Waals surface area contributed by atoms with Crippen molar-refractivity contribution < 1.29 is 38.7 Å². The quantitative estimate of drug-likeness (QED) is 0.0831. The average Bonchev–Trinajstić information content (AvgIpc) is 2.72. The minimum atomic E-state index is -1.63. The Labute approximate surface area is 187 Å². The number of rotatable bonds is 12. The molecule has 0 aromatic carbocycles. The number of carbonyl (C=O) groups excluding carboxylic acids is 2. The number of aliphatic hydroxyl groups excluding tert-OH is 2. The zero-order chi connectivity index (χ0) is 23.6. The van der Waals surface area contributed by atoms with Crippen molar-refractivity contribution >= 4 is 30.7 Å². The molecule has 0 aromatic heterocycles. The van der Waals surface area contributed by atoms with Gasteiger partial charge in [-0.25, -0.2) is 5.43 Å². The summed E-state index contributed by atoms with van der Waals surface area (Å²) < 4.78 is 22.0. The molecule has 8 atom stereocenters. The summed E-state index contributed by atoms with van der Waals surface area (Å²) in [6.07, 6.45) is -4.64. The van der Waals surface area contributed by atoms with Gasteiger partial charge in [0, 0.05) is 20.5 Å². The molecule has 2 amide bonds. The second kappa shape index (κ2) is 14.0. The van der Waals surface area contributed by atoms with Gasteiger partial charge in [-0.05, 0) is 19.6 Å². The zero-order valence-corrected chi connectivity index (χ0v) is 19.0. The third kappa shape index (κ3) is 8.98. The fourth-order valence-corrected chi connectivity index (χ4v) is 3.02. The minimum absolute atomic E-state index is 0.0531. The van der Waals surface area contributed by atoms with E-state index in [4.69, 9.17) is 24.7 Å². The largest absolute Gasteiger partial charge is 0.385 e. The number of hydrazone groups is 1. The molecule has 1 aliphatic rings. The highest BCUT2D eigenvalue weighted by Gasteiger charge is 2.46.